The summed E-state index contributed by atoms with van der Waals surface area (Å²) in [7, 11) is 2.69. The van der Waals surface area contributed by atoms with Gasteiger partial charge in [-0.1, -0.05) is 28.1 Å². The SMILES string of the molecule is COC(OC)C(=O)NCC1(F)C=C(Br)C=CC1. The summed E-state index contributed by atoms with van der Waals surface area (Å²) in [5.41, 5.74) is -1.57. The zero-order valence-electron chi connectivity index (χ0n) is 9.70. The van der Waals surface area contributed by atoms with E-state index in [0.717, 1.165) is 0 Å². The van der Waals surface area contributed by atoms with E-state index in [1.165, 1.54) is 20.3 Å². The number of amides is 1. The lowest BCUT2D eigenvalue weighted by molar-refractivity contribution is -0.159. The summed E-state index contributed by atoms with van der Waals surface area (Å²) >= 11 is 3.20. The average molecular weight is 308 g/mol. The first kappa shape index (κ1) is 14.3. The Hall–Kier alpha value is -0.720. The van der Waals surface area contributed by atoms with Crippen LogP contribution in [0.25, 0.3) is 0 Å². The first-order chi connectivity index (χ1) is 8.00. The lowest BCUT2D eigenvalue weighted by Gasteiger charge is -2.24. The third-order valence-corrected chi connectivity index (χ3v) is 2.82. The van der Waals surface area contributed by atoms with Gasteiger partial charge >= 0.3 is 0 Å². The lowest BCUT2D eigenvalue weighted by atomic mass is 9.97. The van der Waals surface area contributed by atoms with Crippen molar-refractivity contribution >= 4 is 21.8 Å². The molecule has 0 fully saturated rings. The highest BCUT2D eigenvalue weighted by atomic mass is 79.9. The number of hydrogen-bond acceptors (Lipinski definition) is 3. The summed E-state index contributed by atoms with van der Waals surface area (Å²) in [6.07, 6.45) is 4.13. The molecule has 0 saturated heterocycles. The normalized spacial score (nSPS) is 23.7. The molecule has 1 N–H and O–H groups in total. The van der Waals surface area contributed by atoms with Gasteiger partial charge in [-0.25, -0.2) is 4.39 Å². The van der Waals surface area contributed by atoms with Crippen LogP contribution in [0.3, 0.4) is 0 Å². The van der Waals surface area contributed by atoms with Crippen molar-refractivity contribution in [1.29, 1.82) is 0 Å². The molecular formula is C11H15BrFNO3. The van der Waals surface area contributed by atoms with Crippen LogP contribution in [0.5, 0.6) is 0 Å². The van der Waals surface area contributed by atoms with E-state index in [4.69, 9.17) is 9.47 Å². The minimum atomic E-state index is -1.57. The number of allylic oxidation sites excluding steroid dienone is 3. The molecule has 0 aromatic heterocycles. The fraction of sp³-hybridized carbons (Fsp3) is 0.545. The number of halogens is 2. The third kappa shape index (κ3) is 4.22. The maximum absolute atomic E-state index is 14.2. The number of alkyl halides is 1. The van der Waals surface area contributed by atoms with E-state index in [2.05, 4.69) is 21.2 Å². The van der Waals surface area contributed by atoms with Crippen LogP contribution in [-0.2, 0) is 14.3 Å². The molecule has 1 amide bonds. The molecule has 1 atom stereocenters. The van der Waals surface area contributed by atoms with Gasteiger partial charge in [-0.15, -0.1) is 0 Å². The second-order valence-electron chi connectivity index (χ2n) is 3.69. The highest BCUT2D eigenvalue weighted by Crippen LogP contribution is 2.27. The molecule has 1 rings (SSSR count). The molecule has 6 heteroatoms. The molecule has 0 bridgehead atoms. The largest absolute Gasteiger partial charge is 0.348 e. The smallest absolute Gasteiger partial charge is 0.277 e. The van der Waals surface area contributed by atoms with E-state index in [0.29, 0.717) is 4.48 Å². The second kappa shape index (κ2) is 6.28. The quantitative estimate of drug-likeness (QED) is 0.786. The summed E-state index contributed by atoms with van der Waals surface area (Å²) < 4.78 is 24.4. The number of ether oxygens (including phenoxy) is 2. The first-order valence-corrected chi connectivity index (χ1v) is 5.87. The van der Waals surface area contributed by atoms with Crippen molar-refractivity contribution in [2.45, 2.75) is 18.4 Å². The molecule has 0 radical (unpaired) electrons. The van der Waals surface area contributed by atoms with Crippen molar-refractivity contribution in [2.24, 2.45) is 0 Å². The Labute approximate surface area is 108 Å². The van der Waals surface area contributed by atoms with Gasteiger partial charge in [-0.3, -0.25) is 4.79 Å². The summed E-state index contributed by atoms with van der Waals surface area (Å²) in [6, 6.07) is 0. The molecule has 0 saturated carbocycles. The summed E-state index contributed by atoms with van der Waals surface area (Å²) in [6.45, 7) is -0.117. The molecule has 1 aliphatic rings. The number of carbonyl (C=O) groups is 1. The van der Waals surface area contributed by atoms with Crippen LogP contribution in [-0.4, -0.2) is 38.6 Å². The average Bonchev–Trinajstić information content (AvgIpc) is 2.28. The molecule has 0 aromatic carbocycles. The molecule has 17 heavy (non-hydrogen) atoms. The van der Waals surface area contributed by atoms with E-state index < -0.39 is 17.9 Å². The van der Waals surface area contributed by atoms with Crippen LogP contribution < -0.4 is 5.32 Å². The van der Waals surface area contributed by atoms with Gasteiger partial charge in [0.05, 0.1) is 6.54 Å². The maximum atomic E-state index is 14.2. The topological polar surface area (TPSA) is 47.6 Å². The fourth-order valence-corrected chi connectivity index (χ4v) is 2.07. The van der Waals surface area contributed by atoms with Gasteiger partial charge < -0.3 is 14.8 Å². The number of methoxy groups -OCH3 is 2. The van der Waals surface area contributed by atoms with E-state index in [-0.39, 0.29) is 13.0 Å². The third-order valence-electron chi connectivity index (χ3n) is 2.33. The number of rotatable bonds is 5. The zero-order chi connectivity index (χ0) is 12.9. The standard InChI is InChI=1S/C11H15BrFNO3/c1-16-10(17-2)9(15)14-7-11(13)5-3-4-8(12)6-11/h3-4,6,10H,5,7H2,1-2H3,(H,14,15). The molecule has 1 aliphatic carbocycles. The summed E-state index contributed by atoms with van der Waals surface area (Å²) in [4.78, 5) is 11.5. The van der Waals surface area contributed by atoms with Crippen molar-refractivity contribution < 1.29 is 18.7 Å². The lowest BCUT2D eigenvalue weighted by Crippen LogP contribution is -2.44. The van der Waals surface area contributed by atoms with Crippen LogP contribution in [0.1, 0.15) is 6.42 Å². The zero-order valence-corrected chi connectivity index (χ0v) is 11.3. The minimum Gasteiger partial charge on any atom is -0.348 e. The van der Waals surface area contributed by atoms with Gasteiger partial charge in [0, 0.05) is 25.1 Å². The van der Waals surface area contributed by atoms with Crippen LogP contribution in [0.2, 0.25) is 0 Å². The van der Waals surface area contributed by atoms with Gasteiger partial charge in [0.25, 0.3) is 5.91 Å². The predicted octanol–water partition coefficient (Wildman–Crippen LogP) is 1.67. The number of hydrogen-bond donors (Lipinski definition) is 1. The highest BCUT2D eigenvalue weighted by molar-refractivity contribution is 9.11. The van der Waals surface area contributed by atoms with Crippen molar-refractivity contribution in [3.63, 3.8) is 0 Å². The Morgan fingerprint density at radius 1 is 1.65 bits per heavy atom. The number of carbonyl (C=O) groups excluding carboxylic acids is 1. The van der Waals surface area contributed by atoms with Gasteiger partial charge in [-0.05, 0) is 6.08 Å². The van der Waals surface area contributed by atoms with Crippen molar-refractivity contribution in [3.8, 4) is 0 Å². The second-order valence-corrected chi connectivity index (χ2v) is 4.61. The number of nitrogens with one attached hydrogen (secondary N) is 1. The monoisotopic (exact) mass is 307 g/mol. The maximum Gasteiger partial charge on any atom is 0.277 e. The Morgan fingerprint density at radius 2 is 2.29 bits per heavy atom. The van der Waals surface area contributed by atoms with Crippen LogP contribution >= 0.6 is 15.9 Å². The first-order valence-electron chi connectivity index (χ1n) is 5.08. The molecule has 1 unspecified atom stereocenters. The van der Waals surface area contributed by atoms with Crippen LogP contribution in [0.15, 0.2) is 22.7 Å². The highest BCUT2D eigenvalue weighted by Gasteiger charge is 2.29. The predicted molar refractivity (Wildman–Crippen MR) is 65.4 cm³/mol. The fourth-order valence-electron chi connectivity index (χ4n) is 1.47. The van der Waals surface area contributed by atoms with Crippen LogP contribution in [0, 0.1) is 0 Å². The van der Waals surface area contributed by atoms with Crippen LogP contribution in [0.4, 0.5) is 4.39 Å². The van der Waals surface area contributed by atoms with Gasteiger partial charge in [-0.2, -0.15) is 0 Å². The summed E-state index contributed by atoms with van der Waals surface area (Å²) in [5.74, 6) is -0.494. The van der Waals surface area contributed by atoms with E-state index in [1.807, 2.05) is 0 Å². The van der Waals surface area contributed by atoms with E-state index in [1.54, 1.807) is 12.2 Å². The molecule has 96 valence electrons. The van der Waals surface area contributed by atoms with E-state index in [9.17, 15) is 9.18 Å². The Bertz CT molecular complexity index is 342. The van der Waals surface area contributed by atoms with Crippen molar-refractivity contribution in [2.75, 3.05) is 20.8 Å². The van der Waals surface area contributed by atoms with Crippen molar-refractivity contribution in [3.05, 3.63) is 22.7 Å². The Kier molecular flexibility index (Phi) is 5.30. The van der Waals surface area contributed by atoms with E-state index >= 15 is 0 Å². The molecular weight excluding hydrogens is 293 g/mol. The minimum absolute atomic E-state index is 0.117. The molecule has 4 nitrogen and oxygen atoms in total. The van der Waals surface area contributed by atoms with Gasteiger partial charge in [0.15, 0.2) is 5.67 Å². The van der Waals surface area contributed by atoms with Gasteiger partial charge in [0.2, 0.25) is 6.29 Å². The Morgan fingerprint density at radius 3 is 2.82 bits per heavy atom. The van der Waals surface area contributed by atoms with Gasteiger partial charge in [0.1, 0.15) is 0 Å². The summed E-state index contributed by atoms with van der Waals surface area (Å²) in [5, 5.41) is 2.45. The molecule has 0 heterocycles. The molecule has 0 aliphatic heterocycles. The molecule has 0 spiro atoms. The van der Waals surface area contributed by atoms with Crippen molar-refractivity contribution in [1.82, 2.24) is 5.32 Å². The molecule has 0 aromatic rings. The Balaban J connectivity index is 2.51.